The maximum Gasteiger partial charge on any atom is 0.411 e. The zero-order valence-electron chi connectivity index (χ0n) is 13.5. The first-order chi connectivity index (χ1) is 10.3. The average molecular weight is 305 g/mol. The Hall–Kier alpha value is -2.04. The Balaban J connectivity index is 2.19. The van der Waals surface area contributed by atoms with Gasteiger partial charge in [-0.2, -0.15) is 0 Å². The molecule has 1 fully saturated rings. The van der Waals surface area contributed by atoms with Gasteiger partial charge in [0.15, 0.2) is 0 Å². The van der Waals surface area contributed by atoms with Crippen molar-refractivity contribution in [2.45, 2.75) is 44.8 Å². The average Bonchev–Trinajstić information content (AvgIpc) is 2.91. The van der Waals surface area contributed by atoms with Gasteiger partial charge in [0, 0.05) is 12.5 Å². The number of likely N-dealkylation sites (tertiary alicyclic amines) is 1. The molecule has 0 spiro atoms. The molecule has 5 heteroatoms. The van der Waals surface area contributed by atoms with E-state index in [1.54, 1.807) is 0 Å². The second-order valence-electron chi connectivity index (χ2n) is 6.51. The normalized spacial score (nSPS) is 21.5. The van der Waals surface area contributed by atoms with Crippen LogP contribution >= 0.6 is 0 Å². The van der Waals surface area contributed by atoms with Gasteiger partial charge in [-0.25, -0.2) is 9.59 Å². The fourth-order valence-corrected chi connectivity index (χ4v) is 2.68. The molecule has 0 saturated carbocycles. The van der Waals surface area contributed by atoms with Crippen LogP contribution in [0, 0.1) is 0 Å². The van der Waals surface area contributed by atoms with Gasteiger partial charge in [-0.05, 0) is 32.8 Å². The van der Waals surface area contributed by atoms with Crippen molar-refractivity contribution >= 4 is 12.1 Å². The monoisotopic (exact) mass is 305 g/mol. The summed E-state index contributed by atoms with van der Waals surface area (Å²) in [4.78, 5) is 25.8. The van der Waals surface area contributed by atoms with E-state index in [0.29, 0.717) is 13.0 Å². The van der Waals surface area contributed by atoms with Crippen LogP contribution in [0.2, 0.25) is 0 Å². The number of hydrogen-bond donors (Lipinski definition) is 0. The van der Waals surface area contributed by atoms with Crippen LogP contribution in [0.5, 0.6) is 0 Å². The molecule has 0 aromatic heterocycles. The second kappa shape index (κ2) is 6.38. The van der Waals surface area contributed by atoms with Gasteiger partial charge >= 0.3 is 12.1 Å². The van der Waals surface area contributed by atoms with E-state index in [2.05, 4.69) is 0 Å². The summed E-state index contributed by atoms with van der Waals surface area (Å²) in [5, 5.41) is 0. The van der Waals surface area contributed by atoms with Crippen LogP contribution in [0.4, 0.5) is 4.79 Å². The summed E-state index contributed by atoms with van der Waals surface area (Å²) in [5.74, 6) is -0.290. The summed E-state index contributed by atoms with van der Waals surface area (Å²) < 4.78 is 10.3. The third-order valence-corrected chi connectivity index (χ3v) is 3.67. The van der Waals surface area contributed by atoms with Gasteiger partial charge in [-0.15, -0.1) is 0 Å². The Labute approximate surface area is 131 Å². The molecule has 1 aromatic carbocycles. The third-order valence-electron chi connectivity index (χ3n) is 3.67. The molecule has 1 heterocycles. The number of ether oxygens (including phenoxy) is 2. The van der Waals surface area contributed by atoms with E-state index >= 15 is 0 Å². The number of hydrogen-bond acceptors (Lipinski definition) is 4. The van der Waals surface area contributed by atoms with E-state index < -0.39 is 23.7 Å². The minimum atomic E-state index is -0.595. The third kappa shape index (κ3) is 3.78. The summed E-state index contributed by atoms with van der Waals surface area (Å²) in [6.07, 6.45) is 0.0805. The van der Waals surface area contributed by atoms with Crippen LogP contribution in [0.3, 0.4) is 0 Å². The van der Waals surface area contributed by atoms with Gasteiger partial charge in [0.1, 0.15) is 11.6 Å². The fourth-order valence-electron chi connectivity index (χ4n) is 2.68. The van der Waals surface area contributed by atoms with Gasteiger partial charge in [-0.1, -0.05) is 30.3 Å². The highest BCUT2D eigenvalue weighted by Gasteiger charge is 2.42. The smallest absolute Gasteiger partial charge is 0.411 e. The minimum absolute atomic E-state index is 0.109. The van der Waals surface area contributed by atoms with Crippen LogP contribution in [-0.2, 0) is 14.3 Å². The summed E-state index contributed by atoms with van der Waals surface area (Å²) in [5.41, 5.74) is 0.519. The topological polar surface area (TPSA) is 55.8 Å². The fraction of sp³-hybridized carbons (Fsp3) is 0.529. The van der Waals surface area contributed by atoms with Gasteiger partial charge in [0.05, 0.1) is 7.11 Å². The first-order valence-electron chi connectivity index (χ1n) is 7.44. The van der Waals surface area contributed by atoms with Crippen LogP contribution < -0.4 is 0 Å². The van der Waals surface area contributed by atoms with E-state index in [1.807, 2.05) is 51.1 Å². The van der Waals surface area contributed by atoms with Crippen molar-refractivity contribution in [3.8, 4) is 0 Å². The zero-order valence-corrected chi connectivity index (χ0v) is 13.5. The number of amides is 1. The van der Waals surface area contributed by atoms with Crippen LogP contribution in [0.25, 0.3) is 0 Å². The highest BCUT2D eigenvalue weighted by Crippen LogP contribution is 2.33. The van der Waals surface area contributed by atoms with E-state index in [0.717, 1.165) is 5.56 Å². The molecule has 1 saturated heterocycles. The lowest BCUT2D eigenvalue weighted by Crippen LogP contribution is -2.43. The van der Waals surface area contributed by atoms with Crippen molar-refractivity contribution in [2.75, 3.05) is 13.7 Å². The predicted octanol–water partition coefficient (Wildman–Crippen LogP) is 2.95. The lowest BCUT2D eigenvalue weighted by atomic mass is 9.96. The van der Waals surface area contributed by atoms with Crippen molar-refractivity contribution in [3.63, 3.8) is 0 Å². The summed E-state index contributed by atoms with van der Waals surface area (Å²) in [6.45, 7) is 5.88. The molecule has 120 valence electrons. The summed E-state index contributed by atoms with van der Waals surface area (Å²) >= 11 is 0. The van der Waals surface area contributed by atoms with E-state index in [9.17, 15) is 9.59 Å². The molecular formula is C17H23NO4. The Morgan fingerprint density at radius 3 is 2.36 bits per heavy atom. The van der Waals surface area contributed by atoms with Gasteiger partial charge in [-0.3, -0.25) is 4.90 Å². The largest absolute Gasteiger partial charge is 0.467 e. The van der Waals surface area contributed by atoms with E-state index in [4.69, 9.17) is 9.47 Å². The van der Waals surface area contributed by atoms with Gasteiger partial charge in [0.25, 0.3) is 0 Å². The van der Waals surface area contributed by atoms with E-state index in [1.165, 1.54) is 12.0 Å². The molecule has 0 unspecified atom stereocenters. The highest BCUT2D eigenvalue weighted by atomic mass is 16.6. The van der Waals surface area contributed by atoms with Crippen molar-refractivity contribution in [1.29, 1.82) is 0 Å². The minimum Gasteiger partial charge on any atom is -0.467 e. The van der Waals surface area contributed by atoms with Crippen molar-refractivity contribution in [2.24, 2.45) is 0 Å². The second-order valence-corrected chi connectivity index (χ2v) is 6.51. The van der Waals surface area contributed by atoms with Crippen LogP contribution in [0.1, 0.15) is 38.7 Å². The Morgan fingerprint density at radius 2 is 1.82 bits per heavy atom. The maximum absolute atomic E-state index is 12.4. The van der Waals surface area contributed by atoms with Crippen molar-refractivity contribution < 1.29 is 19.1 Å². The number of nitrogens with zero attached hydrogens (tertiary/aromatic N) is 1. The zero-order chi connectivity index (χ0) is 16.3. The Kier molecular flexibility index (Phi) is 4.74. The Bertz CT molecular complexity index is 535. The molecule has 0 aliphatic carbocycles. The SMILES string of the molecule is COC(=O)[C@@H]1C[C@@H](c2ccccc2)CN1C(=O)OC(C)(C)C. The molecule has 1 aliphatic rings. The number of esters is 1. The highest BCUT2D eigenvalue weighted by molar-refractivity contribution is 5.82. The molecule has 2 rings (SSSR count). The molecule has 22 heavy (non-hydrogen) atoms. The molecule has 0 radical (unpaired) electrons. The molecule has 5 nitrogen and oxygen atoms in total. The summed E-state index contributed by atoms with van der Waals surface area (Å²) in [6, 6.07) is 9.29. The van der Waals surface area contributed by atoms with Crippen molar-refractivity contribution in [3.05, 3.63) is 35.9 Å². The molecule has 0 N–H and O–H groups in total. The van der Waals surface area contributed by atoms with E-state index in [-0.39, 0.29) is 5.92 Å². The first kappa shape index (κ1) is 16.3. The van der Waals surface area contributed by atoms with Gasteiger partial charge in [0.2, 0.25) is 0 Å². The van der Waals surface area contributed by atoms with Crippen LogP contribution in [-0.4, -0.2) is 42.3 Å². The number of benzene rings is 1. The molecule has 2 atom stereocenters. The molecule has 0 bridgehead atoms. The lowest BCUT2D eigenvalue weighted by Gasteiger charge is -2.27. The molecular weight excluding hydrogens is 282 g/mol. The number of rotatable bonds is 2. The molecule has 1 amide bonds. The maximum atomic E-state index is 12.4. The quantitative estimate of drug-likeness (QED) is 0.788. The summed E-state index contributed by atoms with van der Waals surface area (Å²) in [7, 11) is 1.34. The number of carbonyl (C=O) groups is 2. The molecule has 1 aliphatic heterocycles. The Morgan fingerprint density at radius 1 is 1.18 bits per heavy atom. The van der Waals surface area contributed by atoms with Gasteiger partial charge < -0.3 is 9.47 Å². The lowest BCUT2D eigenvalue weighted by molar-refractivity contribution is -0.145. The molecule has 1 aromatic rings. The standard InChI is InChI=1S/C17H23NO4/c1-17(2,3)22-16(20)18-11-13(10-14(18)15(19)21-4)12-8-6-5-7-9-12/h5-9,13-14H,10-11H2,1-4H3/t13-,14+/m1/s1. The first-order valence-corrected chi connectivity index (χ1v) is 7.44. The predicted molar refractivity (Wildman–Crippen MR) is 82.5 cm³/mol. The number of methoxy groups -OCH3 is 1. The number of carbonyl (C=O) groups excluding carboxylic acids is 2. The van der Waals surface area contributed by atoms with Crippen molar-refractivity contribution in [1.82, 2.24) is 4.90 Å². The van der Waals surface area contributed by atoms with Crippen LogP contribution in [0.15, 0.2) is 30.3 Å².